The molecule has 4 nitrogen and oxygen atoms in total. The van der Waals surface area contributed by atoms with Crippen molar-refractivity contribution in [2.45, 2.75) is 26.3 Å². The van der Waals surface area contributed by atoms with Crippen molar-refractivity contribution in [3.8, 4) is 0 Å². The third-order valence-corrected chi connectivity index (χ3v) is 3.27. The number of rotatable bonds is 7. The molecule has 6 heteroatoms. The van der Waals surface area contributed by atoms with E-state index in [4.69, 9.17) is 0 Å². The maximum atomic E-state index is 13.2. The van der Waals surface area contributed by atoms with Crippen molar-refractivity contribution in [1.82, 2.24) is 10.2 Å². The summed E-state index contributed by atoms with van der Waals surface area (Å²) in [5, 5.41) is 2.50. The molecular weight excluding hydrogens is 278 g/mol. The Balaban J connectivity index is 2.90. The van der Waals surface area contributed by atoms with Crippen molar-refractivity contribution in [3.63, 3.8) is 0 Å². The van der Waals surface area contributed by atoms with Crippen LogP contribution in [-0.4, -0.2) is 42.8 Å². The van der Waals surface area contributed by atoms with Gasteiger partial charge >= 0.3 is 0 Å². The lowest BCUT2D eigenvalue weighted by molar-refractivity contribution is -0.122. The van der Waals surface area contributed by atoms with Crippen LogP contribution in [0.5, 0.6) is 0 Å². The highest BCUT2D eigenvalue weighted by Crippen LogP contribution is 2.13. The van der Waals surface area contributed by atoms with E-state index in [0.29, 0.717) is 6.54 Å². The Labute approximate surface area is 123 Å². The van der Waals surface area contributed by atoms with Crippen LogP contribution >= 0.6 is 0 Å². The summed E-state index contributed by atoms with van der Waals surface area (Å²) in [7, 11) is 1.52. The molecule has 0 aromatic heterocycles. The maximum Gasteiger partial charge on any atom is 0.233 e. The Hall–Kier alpha value is -1.82. The lowest BCUT2D eigenvalue weighted by atomic mass is 10.0. The number of benzene rings is 1. The van der Waals surface area contributed by atoms with Gasteiger partial charge in [0.25, 0.3) is 0 Å². The van der Waals surface area contributed by atoms with Gasteiger partial charge in [-0.2, -0.15) is 0 Å². The predicted molar refractivity (Wildman–Crippen MR) is 76.1 cm³/mol. The van der Waals surface area contributed by atoms with Crippen molar-refractivity contribution < 1.29 is 18.4 Å². The molecular formula is C15H20F2N2O2. The molecule has 1 atom stereocenters. The average molecular weight is 298 g/mol. The minimum Gasteiger partial charge on any atom is -0.358 e. The largest absolute Gasteiger partial charge is 0.358 e. The number of Topliss-reactive ketones (excluding diaryl/α,β-unsaturated/α-hetero) is 1. The Bertz CT molecular complexity index is 520. The maximum absolute atomic E-state index is 13.2. The zero-order valence-electron chi connectivity index (χ0n) is 12.5. The number of carbonyl (C=O) groups excluding carboxylic acids is 2. The minimum absolute atomic E-state index is 0.0842. The first-order valence-electron chi connectivity index (χ1n) is 6.84. The van der Waals surface area contributed by atoms with Crippen LogP contribution in [0.1, 0.15) is 30.6 Å². The number of nitrogens with one attached hydrogen (secondary N) is 1. The second-order valence-electron chi connectivity index (χ2n) is 4.81. The number of nitrogens with zero attached hydrogens (tertiary/aromatic N) is 1. The Morgan fingerprint density at radius 3 is 2.48 bits per heavy atom. The molecule has 1 rings (SSSR count). The summed E-state index contributed by atoms with van der Waals surface area (Å²) in [6.07, 6.45) is 0.770. The van der Waals surface area contributed by atoms with Crippen molar-refractivity contribution in [3.05, 3.63) is 35.4 Å². The van der Waals surface area contributed by atoms with Gasteiger partial charge in [0.2, 0.25) is 5.91 Å². The van der Waals surface area contributed by atoms with Crippen LogP contribution in [0, 0.1) is 11.6 Å². The van der Waals surface area contributed by atoms with Gasteiger partial charge in [0.1, 0.15) is 0 Å². The van der Waals surface area contributed by atoms with Crippen LogP contribution in [-0.2, 0) is 4.79 Å². The first-order valence-corrected chi connectivity index (χ1v) is 6.84. The molecule has 0 saturated heterocycles. The fourth-order valence-electron chi connectivity index (χ4n) is 2.02. The molecule has 1 N–H and O–H groups in total. The number of hydrogen-bond acceptors (Lipinski definition) is 3. The Morgan fingerprint density at radius 2 is 1.95 bits per heavy atom. The molecule has 116 valence electrons. The van der Waals surface area contributed by atoms with E-state index in [1.807, 2.05) is 6.92 Å². The van der Waals surface area contributed by atoms with E-state index in [0.717, 1.165) is 18.6 Å². The number of carbonyl (C=O) groups is 2. The van der Waals surface area contributed by atoms with Crippen LogP contribution in [0.25, 0.3) is 0 Å². The number of hydrogen-bond donors (Lipinski definition) is 1. The van der Waals surface area contributed by atoms with E-state index in [-0.39, 0.29) is 23.8 Å². The van der Waals surface area contributed by atoms with Gasteiger partial charge in [-0.3, -0.25) is 14.5 Å². The lowest BCUT2D eigenvalue weighted by Gasteiger charge is -2.27. The summed E-state index contributed by atoms with van der Waals surface area (Å²) in [6, 6.07) is 2.48. The highest BCUT2D eigenvalue weighted by atomic mass is 19.2. The second-order valence-corrected chi connectivity index (χ2v) is 4.81. The van der Waals surface area contributed by atoms with E-state index >= 15 is 0 Å². The first kappa shape index (κ1) is 17.2. The fourth-order valence-corrected chi connectivity index (χ4v) is 2.02. The molecule has 1 aromatic rings. The molecule has 0 aliphatic rings. The molecule has 0 heterocycles. The highest BCUT2D eigenvalue weighted by Gasteiger charge is 2.24. The smallest absolute Gasteiger partial charge is 0.233 e. The van der Waals surface area contributed by atoms with Gasteiger partial charge in [0, 0.05) is 12.6 Å². The topological polar surface area (TPSA) is 49.4 Å². The lowest BCUT2D eigenvalue weighted by Crippen LogP contribution is -2.45. The third kappa shape index (κ3) is 4.60. The highest BCUT2D eigenvalue weighted by molar-refractivity contribution is 6.00. The summed E-state index contributed by atoms with van der Waals surface area (Å²) in [4.78, 5) is 25.5. The van der Waals surface area contributed by atoms with Crippen LogP contribution in [0.2, 0.25) is 0 Å². The number of ketones is 1. The van der Waals surface area contributed by atoms with Crippen molar-refractivity contribution in [2.75, 3.05) is 20.1 Å². The summed E-state index contributed by atoms with van der Waals surface area (Å²) >= 11 is 0. The number of amides is 1. The summed E-state index contributed by atoms with van der Waals surface area (Å²) in [6.45, 7) is 4.23. The Kier molecular flexibility index (Phi) is 6.42. The third-order valence-electron chi connectivity index (χ3n) is 3.27. The molecule has 1 amide bonds. The molecule has 0 saturated carbocycles. The zero-order chi connectivity index (χ0) is 16.0. The molecule has 21 heavy (non-hydrogen) atoms. The molecule has 0 aliphatic heterocycles. The van der Waals surface area contributed by atoms with Gasteiger partial charge in [-0.05, 0) is 38.1 Å². The van der Waals surface area contributed by atoms with Gasteiger partial charge in [-0.25, -0.2) is 8.78 Å². The second kappa shape index (κ2) is 7.83. The standard InChI is InChI=1S/C15H20F2N2O2/c1-4-7-19(9-14(20)18-3)10(2)15(21)11-5-6-12(16)13(17)8-11/h5-6,8,10H,4,7,9H2,1-3H3,(H,18,20). The van der Waals surface area contributed by atoms with Crippen molar-refractivity contribution in [1.29, 1.82) is 0 Å². The number of likely N-dealkylation sites (N-methyl/N-ethyl adjacent to an activating group) is 1. The van der Waals surface area contributed by atoms with Crippen molar-refractivity contribution >= 4 is 11.7 Å². The summed E-state index contributed by atoms with van der Waals surface area (Å²) in [5.74, 6) is -2.59. The molecule has 1 unspecified atom stereocenters. The van der Waals surface area contributed by atoms with Gasteiger partial charge in [-0.15, -0.1) is 0 Å². The van der Waals surface area contributed by atoms with Gasteiger partial charge in [0.05, 0.1) is 12.6 Å². The minimum atomic E-state index is -1.05. The number of halogens is 2. The quantitative estimate of drug-likeness (QED) is 0.783. The molecule has 1 aromatic carbocycles. The van der Waals surface area contributed by atoms with Crippen LogP contribution in [0.3, 0.4) is 0 Å². The van der Waals surface area contributed by atoms with Crippen LogP contribution < -0.4 is 5.32 Å². The monoisotopic (exact) mass is 298 g/mol. The normalized spacial score (nSPS) is 12.3. The molecule has 0 fully saturated rings. The predicted octanol–water partition coefficient (Wildman–Crippen LogP) is 1.99. The SMILES string of the molecule is CCCN(CC(=O)NC)C(C)C(=O)c1ccc(F)c(F)c1. The van der Waals surface area contributed by atoms with Crippen molar-refractivity contribution in [2.24, 2.45) is 0 Å². The van der Waals surface area contributed by atoms with Gasteiger partial charge in [0.15, 0.2) is 17.4 Å². The summed E-state index contributed by atoms with van der Waals surface area (Å²) < 4.78 is 26.1. The van der Waals surface area contributed by atoms with E-state index < -0.39 is 17.7 Å². The molecule has 0 spiro atoms. The zero-order valence-corrected chi connectivity index (χ0v) is 12.5. The van der Waals surface area contributed by atoms with Gasteiger partial charge < -0.3 is 5.32 Å². The average Bonchev–Trinajstić information content (AvgIpc) is 2.47. The molecule has 0 aliphatic carbocycles. The van der Waals surface area contributed by atoms with E-state index in [2.05, 4.69) is 5.32 Å². The van der Waals surface area contributed by atoms with Crippen LogP contribution in [0.15, 0.2) is 18.2 Å². The molecule has 0 bridgehead atoms. The van der Waals surface area contributed by atoms with E-state index in [1.165, 1.54) is 13.1 Å². The Morgan fingerprint density at radius 1 is 1.29 bits per heavy atom. The van der Waals surface area contributed by atoms with Gasteiger partial charge in [-0.1, -0.05) is 6.92 Å². The van der Waals surface area contributed by atoms with Crippen LogP contribution in [0.4, 0.5) is 8.78 Å². The van der Waals surface area contributed by atoms with E-state index in [1.54, 1.807) is 11.8 Å². The first-order chi connectivity index (χ1) is 9.90. The fraction of sp³-hybridized carbons (Fsp3) is 0.467. The molecule has 0 radical (unpaired) electrons. The van der Waals surface area contributed by atoms with E-state index in [9.17, 15) is 18.4 Å². The summed E-state index contributed by atoms with van der Waals surface area (Å²) in [5.41, 5.74) is 0.0967.